The van der Waals surface area contributed by atoms with Gasteiger partial charge >= 0.3 is 49.4 Å². The Hall–Kier alpha value is -5.72. The average Bonchev–Trinajstić information content (AvgIpc) is 3.14. The van der Waals surface area contributed by atoms with Crippen LogP contribution in [0.4, 0.5) is 111 Å². The van der Waals surface area contributed by atoms with E-state index in [1.807, 2.05) is 13.8 Å². The first-order valence-corrected chi connectivity index (χ1v) is 18.1. The number of halogens is 24. The lowest BCUT2D eigenvalue weighted by molar-refractivity contribution is -0.144. The molecule has 0 radical (unpaired) electrons. The molecular weight excluding hydrogens is 973 g/mol. The second-order valence-corrected chi connectivity index (χ2v) is 15.0. The molecule has 0 aromatic heterocycles. The molecule has 0 saturated heterocycles. The second kappa shape index (κ2) is 17.4. The molecule has 26 heteroatoms. The average molecular weight is 998 g/mol. The highest BCUT2D eigenvalue weighted by molar-refractivity contribution is 7.20. The van der Waals surface area contributed by atoms with Crippen LogP contribution in [0.25, 0.3) is 0 Å². The van der Waals surface area contributed by atoms with Gasteiger partial charge in [-0.25, -0.2) is 0 Å². The molecular formula is C41H25BF24N-. The summed E-state index contributed by atoms with van der Waals surface area (Å²) in [5.74, 6) is 0. The molecule has 0 saturated carbocycles. The SMILES string of the molecule is Cc1cc(C)c(N)c(C)c1.FC(F)(F)c1cc([B-](c2cc(C(F)(F)F)cc(C(F)(F)F)c2)(c2cc(C(F)(F)F)cc(C(F)(F)F)c2)c2cc(C(F)(F)F)cc(C(F)(F)F)c2)cc(C(F)(F)F)c1. The van der Waals surface area contributed by atoms with Crippen LogP contribution in [-0.4, -0.2) is 6.15 Å². The predicted octanol–water partition coefficient (Wildman–Crippen LogP) is 13.4. The van der Waals surface area contributed by atoms with Crippen LogP contribution >= 0.6 is 0 Å². The van der Waals surface area contributed by atoms with Gasteiger partial charge in [-0.05, 0) is 56.2 Å². The van der Waals surface area contributed by atoms with E-state index in [9.17, 15) is 105 Å². The van der Waals surface area contributed by atoms with E-state index >= 15 is 0 Å². The Kier molecular flexibility index (Phi) is 14.0. The van der Waals surface area contributed by atoms with E-state index in [0.717, 1.165) is 5.69 Å². The predicted molar refractivity (Wildman–Crippen MR) is 195 cm³/mol. The molecule has 0 amide bonds. The second-order valence-electron chi connectivity index (χ2n) is 15.0. The Balaban J connectivity index is 0.000000865. The summed E-state index contributed by atoms with van der Waals surface area (Å²) in [6, 6.07) is -4.61. The van der Waals surface area contributed by atoms with E-state index in [-0.39, 0.29) is 0 Å². The summed E-state index contributed by atoms with van der Waals surface area (Å²) < 4.78 is 341. The summed E-state index contributed by atoms with van der Waals surface area (Å²) in [5, 5.41) is 0. The largest absolute Gasteiger partial charge is 0.416 e. The molecule has 0 bridgehead atoms. The number of rotatable bonds is 4. The highest BCUT2D eigenvalue weighted by Crippen LogP contribution is 2.41. The van der Waals surface area contributed by atoms with Crippen LogP contribution in [0.3, 0.4) is 0 Å². The van der Waals surface area contributed by atoms with Crippen LogP contribution in [0, 0.1) is 20.8 Å². The van der Waals surface area contributed by atoms with Crippen molar-refractivity contribution in [2.75, 3.05) is 5.73 Å². The Labute approximate surface area is 361 Å². The van der Waals surface area contributed by atoms with Gasteiger partial charge in [0.1, 0.15) is 6.15 Å². The number of benzene rings is 5. The van der Waals surface area contributed by atoms with Crippen LogP contribution < -0.4 is 27.6 Å². The summed E-state index contributed by atoms with van der Waals surface area (Å²) in [6.07, 6.45) is -54.8. The molecule has 0 spiro atoms. The number of hydrogen-bond donors (Lipinski definition) is 1. The molecule has 0 atom stereocenters. The molecule has 0 aliphatic carbocycles. The number of nitrogen functional groups attached to an aromatic ring is 1. The van der Waals surface area contributed by atoms with Crippen molar-refractivity contribution in [3.63, 3.8) is 0 Å². The van der Waals surface area contributed by atoms with Crippen LogP contribution in [0.2, 0.25) is 0 Å². The summed E-state index contributed by atoms with van der Waals surface area (Å²) in [7, 11) is 0. The van der Waals surface area contributed by atoms with Gasteiger partial charge < -0.3 is 5.73 Å². The monoisotopic (exact) mass is 998 g/mol. The molecule has 67 heavy (non-hydrogen) atoms. The van der Waals surface area contributed by atoms with Crippen LogP contribution in [-0.2, 0) is 49.4 Å². The molecule has 5 aromatic carbocycles. The summed E-state index contributed by atoms with van der Waals surface area (Å²) in [4.78, 5) is 0. The van der Waals surface area contributed by atoms with Crippen molar-refractivity contribution < 1.29 is 105 Å². The van der Waals surface area contributed by atoms with Crippen molar-refractivity contribution >= 4 is 33.7 Å². The Morgan fingerprint density at radius 3 is 0.552 bits per heavy atom. The minimum absolute atomic E-state index is 0.691. The molecule has 2 N–H and O–H groups in total. The minimum Gasteiger partial charge on any atom is -0.398 e. The maximum Gasteiger partial charge on any atom is 0.416 e. The molecule has 0 aliphatic rings. The van der Waals surface area contributed by atoms with E-state index in [4.69, 9.17) is 5.73 Å². The summed E-state index contributed by atoms with van der Waals surface area (Å²) in [5.41, 5.74) is -19.9. The van der Waals surface area contributed by atoms with Crippen molar-refractivity contribution in [2.45, 2.75) is 70.2 Å². The third-order valence-corrected chi connectivity index (χ3v) is 10.2. The maximum absolute atomic E-state index is 14.2. The van der Waals surface area contributed by atoms with Crippen molar-refractivity contribution in [1.82, 2.24) is 0 Å². The van der Waals surface area contributed by atoms with Crippen LogP contribution in [0.5, 0.6) is 0 Å². The van der Waals surface area contributed by atoms with E-state index < -0.39 is 195 Å². The van der Waals surface area contributed by atoms with E-state index in [2.05, 4.69) is 19.1 Å². The molecule has 5 rings (SSSR count). The van der Waals surface area contributed by atoms with Crippen molar-refractivity contribution in [1.29, 1.82) is 0 Å². The Morgan fingerprint density at radius 1 is 0.269 bits per heavy atom. The topological polar surface area (TPSA) is 26.0 Å². The van der Waals surface area contributed by atoms with Crippen molar-refractivity contribution in [2.24, 2.45) is 0 Å². The summed E-state index contributed by atoms with van der Waals surface area (Å²) in [6.45, 7) is 6.16. The molecule has 5 aromatic rings. The van der Waals surface area contributed by atoms with Gasteiger partial charge in [-0.3, -0.25) is 0 Å². The normalized spacial score (nSPS) is 13.7. The molecule has 366 valence electrons. The number of anilines is 1. The van der Waals surface area contributed by atoms with E-state index in [1.165, 1.54) is 16.7 Å². The summed E-state index contributed by atoms with van der Waals surface area (Å²) >= 11 is 0. The molecule has 1 nitrogen and oxygen atoms in total. The molecule has 0 heterocycles. The Bertz CT molecular complexity index is 2160. The fraction of sp³-hybridized carbons (Fsp3) is 0.268. The third kappa shape index (κ3) is 12.1. The van der Waals surface area contributed by atoms with Gasteiger partial charge in [0.15, 0.2) is 0 Å². The van der Waals surface area contributed by atoms with Crippen molar-refractivity contribution in [3.8, 4) is 0 Å². The third-order valence-electron chi connectivity index (χ3n) is 10.2. The Morgan fingerprint density at radius 2 is 0.418 bits per heavy atom. The highest BCUT2D eigenvalue weighted by Gasteiger charge is 2.47. The number of alkyl halides is 24. The number of hydrogen-bond acceptors (Lipinski definition) is 1. The quantitative estimate of drug-likeness (QED) is 0.108. The zero-order valence-electron chi connectivity index (χ0n) is 33.3. The van der Waals surface area contributed by atoms with Gasteiger partial charge in [-0.1, -0.05) is 66.2 Å². The smallest absolute Gasteiger partial charge is 0.398 e. The lowest BCUT2D eigenvalue weighted by atomic mass is 9.12. The molecule has 0 fully saturated rings. The lowest BCUT2D eigenvalue weighted by Crippen LogP contribution is -2.75. The minimum atomic E-state index is -6.13. The standard InChI is InChI=1S/C32H12BF24.C9H13N/c34-25(35,36)13-1-14(26(37,38)39)6-21(5-13)33(22-7-15(27(40,41)42)2-16(8-22)28(43,44)45,23-9-17(29(46,47)48)3-18(10-23)30(49,50)51)24-11-19(31(52,53)54)4-20(12-24)32(55,56)57;1-6-4-7(2)9(10)8(3)5-6/h1-12H;4-5H,10H2,1-3H3/q-1;. The van der Waals surface area contributed by atoms with Gasteiger partial charge in [0.2, 0.25) is 0 Å². The first-order valence-electron chi connectivity index (χ1n) is 18.1. The van der Waals surface area contributed by atoms with Gasteiger partial charge in [0, 0.05) is 5.69 Å². The molecule has 0 aliphatic heterocycles. The van der Waals surface area contributed by atoms with Crippen LogP contribution in [0.15, 0.2) is 84.9 Å². The number of aryl methyl sites for hydroxylation is 3. The van der Waals surface area contributed by atoms with Gasteiger partial charge in [-0.15, -0.1) is 0 Å². The number of nitrogens with two attached hydrogens (primary N) is 1. The zero-order chi connectivity index (χ0) is 51.6. The van der Waals surface area contributed by atoms with Gasteiger partial charge in [0.05, 0.1) is 44.5 Å². The zero-order valence-corrected chi connectivity index (χ0v) is 33.3. The fourth-order valence-electron chi connectivity index (χ4n) is 7.26. The fourth-order valence-corrected chi connectivity index (χ4v) is 7.26. The highest BCUT2D eigenvalue weighted by atomic mass is 19.4. The first-order chi connectivity index (χ1) is 29.9. The lowest BCUT2D eigenvalue weighted by Gasteiger charge is -2.46. The van der Waals surface area contributed by atoms with Gasteiger partial charge in [0.25, 0.3) is 0 Å². The van der Waals surface area contributed by atoms with Gasteiger partial charge in [-0.2, -0.15) is 127 Å². The van der Waals surface area contributed by atoms with Crippen LogP contribution in [0.1, 0.15) is 61.2 Å². The maximum atomic E-state index is 14.2. The van der Waals surface area contributed by atoms with E-state index in [1.54, 1.807) is 0 Å². The first kappa shape index (κ1) is 53.9. The van der Waals surface area contributed by atoms with Crippen molar-refractivity contribution in [3.05, 3.63) is 146 Å². The molecule has 0 unspecified atom stereocenters. The van der Waals surface area contributed by atoms with E-state index in [0.29, 0.717) is 0 Å².